The minimum absolute atomic E-state index is 0.120. The van der Waals surface area contributed by atoms with Gasteiger partial charge in [-0.3, -0.25) is 0 Å². The molecule has 0 aliphatic rings. The molecule has 0 aliphatic carbocycles. The lowest BCUT2D eigenvalue weighted by atomic mass is 11.0. The van der Waals surface area contributed by atoms with Crippen molar-refractivity contribution in [1.82, 2.24) is 0 Å². The van der Waals surface area contributed by atoms with Gasteiger partial charge in [0.05, 0.1) is 0 Å². The summed E-state index contributed by atoms with van der Waals surface area (Å²) in [7, 11) is 1.60. The molecule has 3 heteroatoms. The van der Waals surface area contributed by atoms with E-state index in [0.717, 1.165) is 6.16 Å². The summed E-state index contributed by atoms with van der Waals surface area (Å²) in [6.07, 6.45) is 1.15. The SMILES string of the molecule is CCP(C)N=NC. The average Bonchev–Trinajstić information content (AvgIpc) is 1.68. The molecule has 7 heavy (non-hydrogen) atoms. The molecule has 0 rings (SSSR count). The first-order valence-electron chi connectivity index (χ1n) is 2.32. The van der Waals surface area contributed by atoms with Gasteiger partial charge >= 0.3 is 0 Å². The smallest absolute Gasteiger partial charge is 0.0490 e. The zero-order valence-corrected chi connectivity index (χ0v) is 5.94. The molecule has 0 spiro atoms. The summed E-state index contributed by atoms with van der Waals surface area (Å²) in [5.74, 6) is 0. The minimum Gasteiger partial charge on any atom is -0.194 e. The molecule has 42 valence electrons. The summed E-state index contributed by atoms with van der Waals surface area (Å²) in [6, 6.07) is 0. The molecule has 0 N–H and O–H groups in total. The van der Waals surface area contributed by atoms with Crippen LogP contribution < -0.4 is 0 Å². The van der Waals surface area contributed by atoms with Gasteiger partial charge in [0.2, 0.25) is 0 Å². The molecule has 0 aromatic heterocycles. The van der Waals surface area contributed by atoms with Crippen molar-refractivity contribution in [3.63, 3.8) is 0 Å². The van der Waals surface area contributed by atoms with E-state index in [1.165, 1.54) is 0 Å². The van der Waals surface area contributed by atoms with Gasteiger partial charge in [0.1, 0.15) is 0 Å². The minimum atomic E-state index is -0.120. The van der Waals surface area contributed by atoms with Crippen LogP contribution in [0.2, 0.25) is 0 Å². The Bertz CT molecular complexity index is 62.7. The van der Waals surface area contributed by atoms with Crippen LogP contribution in [0.15, 0.2) is 10.00 Å². The molecular formula is C4H11N2P. The fourth-order valence-electron chi connectivity index (χ4n) is 0.216. The van der Waals surface area contributed by atoms with E-state index in [4.69, 9.17) is 0 Å². The molecule has 1 unspecified atom stereocenters. The fraction of sp³-hybridized carbons (Fsp3) is 1.00. The van der Waals surface area contributed by atoms with Crippen molar-refractivity contribution < 1.29 is 0 Å². The lowest BCUT2D eigenvalue weighted by Gasteiger charge is -1.94. The Morgan fingerprint density at radius 3 is 2.29 bits per heavy atom. The molecule has 1 atom stereocenters. The molecule has 0 aromatic rings. The first kappa shape index (κ1) is 7.03. The third-order valence-corrected chi connectivity index (χ3v) is 2.10. The van der Waals surface area contributed by atoms with Gasteiger partial charge in [0.25, 0.3) is 0 Å². The van der Waals surface area contributed by atoms with Crippen LogP contribution >= 0.6 is 8.07 Å². The number of rotatable bonds is 2. The van der Waals surface area contributed by atoms with Crippen molar-refractivity contribution in [1.29, 1.82) is 0 Å². The third-order valence-electron chi connectivity index (χ3n) is 0.700. The van der Waals surface area contributed by atoms with Crippen LogP contribution in [0.4, 0.5) is 0 Å². The Balaban J connectivity index is 3.16. The van der Waals surface area contributed by atoms with Crippen LogP contribution in [0.25, 0.3) is 0 Å². The van der Waals surface area contributed by atoms with Crippen molar-refractivity contribution >= 4 is 8.07 Å². The average molecular weight is 118 g/mol. The van der Waals surface area contributed by atoms with Crippen LogP contribution in [-0.4, -0.2) is 19.9 Å². The summed E-state index contributed by atoms with van der Waals surface area (Å²) in [6.45, 7) is 4.24. The van der Waals surface area contributed by atoms with Gasteiger partial charge < -0.3 is 0 Å². The number of hydrogen-bond acceptors (Lipinski definition) is 2. The summed E-state index contributed by atoms with van der Waals surface area (Å²) < 4.78 is 0. The maximum Gasteiger partial charge on any atom is 0.0490 e. The first-order chi connectivity index (χ1) is 3.31. The van der Waals surface area contributed by atoms with Crippen molar-refractivity contribution in [3.8, 4) is 0 Å². The first-order valence-corrected chi connectivity index (χ1v) is 4.24. The predicted octanol–water partition coefficient (Wildman–Crippen LogP) is 2.12. The highest BCUT2D eigenvalue weighted by molar-refractivity contribution is 7.55. The summed E-state index contributed by atoms with van der Waals surface area (Å²) in [5, 5.41) is 3.66. The normalized spacial score (nSPS) is 15.3. The van der Waals surface area contributed by atoms with E-state index in [0.29, 0.717) is 0 Å². The Labute approximate surface area is 45.8 Å². The zero-order chi connectivity index (χ0) is 5.70. The maximum absolute atomic E-state index is 3.93. The highest BCUT2D eigenvalue weighted by Crippen LogP contribution is 2.30. The molecular weight excluding hydrogens is 107 g/mol. The molecule has 0 aromatic carbocycles. The van der Waals surface area contributed by atoms with E-state index in [1.54, 1.807) is 7.05 Å². The topological polar surface area (TPSA) is 24.7 Å². The Morgan fingerprint density at radius 2 is 2.14 bits per heavy atom. The van der Waals surface area contributed by atoms with Crippen molar-refractivity contribution in [2.45, 2.75) is 6.92 Å². The molecule has 0 radical (unpaired) electrons. The largest absolute Gasteiger partial charge is 0.194 e. The van der Waals surface area contributed by atoms with Gasteiger partial charge in [0.15, 0.2) is 0 Å². The Kier molecular flexibility index (Phi) is 4.21. The van der Waals surface area contributed by atoms with Gasteiger partial charge in [-0.05, 0) is 12.8 Å². The molecule has 0 saturated heterocycles. The van der Waals surface area contributed by atoms with E-state index in [-0.39, 0.29) is 8.07 Å². The van der Waals surface area contributed by atoms with E-state index in [1.807, 2.05) is 0 Å². The molecule has 0 amide bonds. The van der Waals surface area contributed by atoms with Crippen molar-refractivity contribution in [2.75, 3.05) is 19.9 Å². The van der Waals surface area contributed by atoms with Crippen LogP contribution in [0.3, 0.4) is 0 Å². The van der Waals surface area contributed by atoms with E-state index < -0.39 is 0 Å². The van der Waals surface area contributed by atoms with Gasteiger partial charge in [-0.1, -0.05) is 6.92 Å². The lowest BCUT2D eigenvalue weighted by molar-refractivity contribution is 1.23. The Hall–Kier alpha value is 0.0300. The second-order valence-corrected chi connectivity index (χ2v) is 3.39. The summed E-state index contributed by atoms with van der Waals surface area (Å²) in [4.78, 5) is 3.93. The number of hydrogen-bond donors (Lipinski definition) is 0. The van der Waals surface area contributed by atoms with Crippen LogP contribution in [0.5, 0.6) is 0 Å². The molecule has 0 fully saturated rings. The summed E-state index contributed by atoms with van der Waals surface area (Å²) >= 11 is 0. The maximum atomic E-state index is 3.93. The van der Waals surface area contributed by atoms with Crippen LogP contribution in [0.1, 0.15) is 6.92 Å². The monoisotopic (exact) mass is 118 g/mol. The van der Waals surface area contributed by atoms with Gasteiger partial charge in [-0.2, -0.15) is 10.00 Å². The van der Waals surface area contributed by atoms with Crippen molar-refractivity contribution in [2.24, 2.45) is 10.00 Å². The fourth-order valence-corrected chi connectivity index (χ4v) is 0.648. The van der Waals surface area contributed by atoms with Gasteiger partial charge in [0, 0.05) is 15.1 Å². The molecule has 0 heterocycles. The summed E-state index contributed by atoms with van der Waals surface area (Å²) in [5.41, 5.74) is 0. The zero-order valence-electron chi connectivity index (χ0n) is 5.05. The highest BCUT2D eigenvalue weighted by Gasteiger charge is 1.88. The lowest BCUT2D eigenvalue weighted by Crippen LogP contribution is -1.65. The van der Waals surface area contributed by atoms with E-state index in [9.17, 15) is 0 Å². The standard InChI is InChI=1S/C4H11N2P/c1-4-7(3)6-5-2/h4H2,1-3H3. The highest BCUT2D eigenvalue weighted by atomic mass is 31.1. The van der Waals surface area contributed by atoms with Crippen LogP contribution in [0, 0.1) is 0 Å². The third kappa shape index (κ3) is 3.87. The quantitative estimate of drug-likeness (QED) is 0.392. The Morgan fingerprint density at radius 1 is 1.57 bits per heavy atom. The second-order valence-electron chi connectivity index (χ2n) is 1.26. The molecule has 0 aliphatic heterocycles. The molecule has 2 nitrogen and oxygen atoms in total. The number of nitrogens with zero attached hydrogens (tertiary/aromatic N) is 2. The second kappa shape index (κ2) is 4.20. The molecule has 0 saturated carbocycles. The van der Waals surface area contributed by atoms with Gasteiger partial charge in [-0.15, -0.1) is 0 Å². The predicted molar refractivity (Wildman–Crippen MR) is 34.2 cm³/mol. The van der Waals surface area contributed by atoms with Gasteiger partial charge in [-0.25, -0.2) is 0 Å². The van der Waals surface area contributed by atoms with E-state index in [2.05, 4.69) is 23.6 Å². The molecule has 0 bridgehead atoms. The van der Waals surface area contributed by atoms with E-state index >= 15 is 0 Å². The van der Waals surface area contributed by atoms with Crippen LogP contribution in [-0.2, 0) is 0 Å². The van der Waals surface area contributed by atoms with Crippen molar-refractivity contribution in [3.05, 3.63) is 0 Å².